The molecule has 1 aromatic heterocycles. The highest BCUT2D eigenvalue weighted by Gasteiger charge is 2.13. The van der Waals surface area contributed by atoms with Crippen LogP contribution in [-0.4, -0.2) is 15.4 Å². The van der Waals surface area contributed by atoms with Gasteiger partial charge in [0.05, 0.1) is 5.52 Å². The van der Waals surface area contributed by atoms with Gasteiger partial charge in [-0.05, 0) is 18.1 Å². The van der Waals surface area contributed by atoms with Crippen LogP contribution in [0, 0.1) is 11.7 Å². The molecular formula is C13H16ClFN2. The van der Waals surface area contributed by atoms with Gasteiger partial charge < -0.3 is 4.57 Å². The van der Waals surface area contributed by atoms with Crippen LogP contribution < -0.4 is 0 Å². The number of para-hydroxylation sites is 1. The molecule has 4 heteroatoms. The molecule has 2 nitrogen and oxygen atoms in total. The molecule has 0 fully saturated rings. The third kappa shape index (κ3) is 2.44. The van der Waals surface area contributed by atoms with E-state index in [9.17, 15) is 4.39 Å². The molecule has 0 saturated heterocycles. The molecule has 0 aliphatic heterocycles. The van der Waals surface area contributed by atoms with Crippen LogP contribution in [0.1, 0.15) is 19.7 Å². The fourth-order valence-electron chi connectivity index (χ4n) is 2.01. The van der Waals surface area contributed by atoms with E-state index in [-0.39, 0.29) is 5.82 Å². The average Bonchev–Trinajstić information content (AvgIpc) is 2.59. The lowest BCUT2D eigenvalue weighted by atomic mass is 10.2. The lowest BCUT2D eigenvalue weighted by molar-refractivity contribution is 0.519. The second-order valence-electron chi connectivity index (χ2n) is 4.58. The number of rotatable bonds is 4. The van der Waals surface area contributed by atoms with Crippen LogP contribution in [0.4, 0.5) is 4.39 Å². The molecule has 1 aromatic carbocycles. The summed E-state index contributed by atoms with van der Waals surface area (Å²) in [4.78, 5) is 4.36. The summed E-state index contributed by atoms with van der Waals surface area (Å²) in [6.07, 6.45) is 0.669. The van der Waals surface area contributed by atoms with Gasteiger partial charge in [-0.2, -0.15) is 0 Å². The van der Waals surface area contributed by atoms with Crippen LogP contribution in [0.25, 0.3) is 11.0 Å². The molecule has 92 valence electrons. The van der Waals surface area contributed by atoms with E-state index in [1.165, 1.54) is 6.07 Å². The molecule has 0 amide bonds. The smallest absolute Gasteiger partial charge is 0.151 e. The number of aromatic nitrogens is 2. The molecular weight excluding hydrogens is 239 g/mol. The first-order valence-electron chi connectivity index (χ1n) is 5.83. The highest BCUT2D eigenvalue weighted by Crippen LogP contribution is 2.21. The highest BCUT2D eigenvalue weighted by molar-refractivity contribution is 6.17. The first kappa shape index (κ1) is 12.4. The molecule has 0 radical (unpaired) electrons. The number of nitrogens with zero attached hydrogens (tertiary/aromatic N) is 2. The summed E-state index contributed by atoms with van der Waals surface area (Å²) in [6, 6.07) is 5.08. The van der Waals surface area contributed by atoms with Gasteiger partial charge in [0.25, 0.3) is 0 Å². The molecule has 0 bridgehead atoms. The molecule has 0 spiro atoms. The maximum Gasteiger partial charge on any atom is 0.151 e. The maximum absolute atomic E-state index is 13.6. The summed E-state index contributed by atoms with van der Waals surface area (Å²) in [6.45, 7) is 5.11. The van der Waals surface area contributed by atoms with Crippen molar-refractivity contribution in [1.82, 2.24) is 9.55 Å². The monoisotopic (exact) mass is 254 g/mol. The Labute approximate surface area is 105 Å². The SMILES string of the molecule is CC(C)Cn1c(CCCl)nc2c(F)cccc21. The number of benzene rings is 1. The van der Waals surface area contributed by atoms with Crippen molar-refractivity contribution in [1.29, 1.82) is 0 Å². The van der Waals surface area contributed by atoms with Gasteiger partial charge in [-0.3, -0.25) is 0 Å². The average molecular weight is 255 g/mol. The topological polar surface area (TPSA) is 17.8 Å². The second-order valence-corrected chi connectivity index (χ2v) is 4.96. The quantitative estimate of drug-likeness (QED) is 0.762. The van der Waals surface area contributed by atoms with Crippen molar-refractivity contribution in [3.63, 3.8) is 0 Å². The van der Waals surface area contributed by atoms with Crippen molar-refractivity contribution in [3.05, 3.63) is 29.8 Å². The zero-order valence-corrected chi connectivity index (χ0v) is 10.8. The van der Waals surface area contributed by atoms with Gasteiger partial charge in [0.15, 0.2) is 5.82 Å². The van der Waals surface area contributed by atoms with E-state index in [2.05, 4.69) is 23.4 Å². The van der Waals surface area contributed by atoms with Crippen molar-refractivity contribution in [2.45, 2.75) is 26.8 Å². The summed E-state index contributed by atoms with van der Waals surface area (Å²) in [7, 11) is 0. The number of fused-ring (bicyclic) bond motifs is 1. The Hall–Kier alpha value is -1.09. The molecule has 0 aliphatic rings. The van der Waals surface area contributed by atoms with Gasteiger partial charge >= 0.3 is 0 Å². The number of aryl methyl sites for hydroxylation is 1. The molecule has 1 heterocycles. The van der Waals surface area contributed by atoms with E-state index in [0.717, 1.165) is 17.9 Å². The summed E-state index contributed by atoms with van der Waals surface area (Å²) < 4.78 is 15.7. The minimum absolute atomic E-state index is 0.263. The molecule has 0 aliphatic carbocycles. The van der Waals surface area contributed by atoms with Gasteiger partial charge in [-0.25, -0.2) is 9.37 Å². The van der Waals surface area contributed by atoms with Crippen LogP contribution >= 0.6 is 11.6 Å². The van der Waals surface area contributed by atoms with Crippen LogP contribution in [-0.2, 0) is 13.0 Å². The van der Waals surface area contributed by atoms with Gasteiger partial charge in [0.2, 0.25) is 0 Å². The van der Waals surface area contributed by atoms with Gasteiger partial charge in [-0.1, -0.05) is 19.9 Å². The lowest BCUT2D eigenvalue weighted by Crippen LogP contribution is -2.09. The predicted molar refractivity (Wildman–Crippen MR) is 69.0 cm³/mol. The minimum atomic E-state index is -0.263. The van der Waals surface area contributed by atoms with Crippen molar-refractivity contribution in [3.8, 4) is 0 Å². The van der Waals surface area contributed by atoms with E-state index in [0.29, 0.717) is 23.7 Å². The van der Waals surface area contributed by atoms with Crippen molar-refractivity contribution in [2.75, 3.05) is 5.88 Å². The van der Waals surface area contributed by atoms with Gasteiger partial charge in [0, 0.05) is 18.8 Å². The predicted octanol–water partition coefficient (Wildman–Crippen LogP) is 3.61. The van der Waals surface area contributed by atoms with Crippen molar-refractivity contribution < 1.29 is 4.39 Å². The number of alkyl halides is 1. The van der Waals surface area contributed by atoms with E-state index in [1.807, 2.05) is 6.07 Å². The maximum atomic E-state index is 13.6. The minimum Gasteiger partial charge on any atom is -0.328 e. The molecule has 0 N–H and O–H groups in total. The second kappa shape index (κ2) is 5.05. The third-order valence-electron chi connectivity index (χ3n) is 2.67. The van der Waals surface area contributed by atoms with E-state index in [1.54, 1.807) is 6.07 Å². The summed E-state index contributed by atoms with van der Waals surface area (Å²) in [5.41, 5.74) is 1.31. The van der Waals surface area contributed by atoms with Gasteiger partial charge in [-0.15, -0.1) is 11.6 Å². The molecule has 2 rings (SSSR count). The molecule has 0 unspecified atom stereocenters. The standard InChI is InChI=1S/C13H16ClFN2/c1-9(2)8-17-11-5-3-4-10(15)13(11)16-12(17)6-7-14/h3-5,9H,6-8H2,1-2H3. The normalized spacial score (nSPS) is 11.6. The van der Waals surface area contributed by atoms with Crippen LogP contribution in [0.15, 0.2) is 18.2 Å². The fourth-order valence-corrected chi connectivity index (χ4v) is 2.17. The first-order valence-corrected chi connectivity index (χ1v) is 6.36. The number of imidazole rings is 1. The summed E-state index contributed by atoms with van der Waals surface area (Å²) >= 11 is 5.76. The Kier molecular flexibility index (Phi) is 3.67. The Morgan fingerprint density at radius 2 is 2.18 bits per heavy atom. The van der Waals surface area contributed by atoms with E-state index >= 15 is 0 Å². The van der Waals surface area contributed by atoms with Crippen molar-refractivity contribution in [2.24, 2.45) is 5.92 Å². The lowest BCUT2D eigenvalue weighted by Gasteiger charge is -2.10. The number of hydrogen-bond donors (Lipinski definition) is 0. The molecule has 2 aromatic rings. The Balaban J connectivity index is 2.58. The highest BCUT2D eigenvalue weighted by atomic mass is 35.5. The third-order valence-corrected chi connectivity index (χ3v) is 2.86. The first-order chi connectivity index (χ1) is 8.13. The van der Waals surface area contributed by atoms with Gasteiger partial charge in [0.1, 0.15) is 11.3 Å². The Morgan fingerprint density at radius 1 is 1.41 bits per heavy atom. The summed E-state index contributed by atoms with van der Waals surface area (Å²) in [5, 5.41) is 0. The van der Waals surface area contributed by atoms with Crippen molar-refractivity contribution >= 4 is 22.6 Å². The molecule has 0 saturated carbocycles. The largest absolute Gasteiger partial charge is 0.328 e. The number of hydrogen-bond acceptors (Lipinski definition) is 1. The Morgan fingerprint density at radius 3 is 2.82 bits per heavy atom. The molecule has 0 atom stereocenters. The summed E-state index contributed by atoms with van der Waals surface area (Å²) in [5.74, 6) is 1.60. The zero-order valence-electron chi connectivity index (χ0n) is 10.1. The number of halogens is 2. The van der Waals surface area contributed by atoms with Crippen LogP contribution in [0.2, 0.25) is 0 Å². The molecule has 17 heavy (non-hydrogen) atoms. The fraction of sp³-hybridized carbons (Fsp3) is 0.462. The van der Waals surface area contributed by atoms with E-state index < -0.39 is 0 Å². The van der Waals surface area contributed by atoms with E-state index in [4.69, 9.17) is 11.6 Å². The Bertz CT molecular complexity index is 519. The van der Waals surface area contributed by atoms with Crippen LogP contribution in [0.5, 0.6) is 0 Å². The zero-order chi connectivity index (χ0) is 12.4. The van der Waals surface area contributed by atoms with Crippen LogP contribution in [0.3, 0.4) is 0 Å².